The van der Waals surface area contributed by atoms with E-state index in [-0.39, 0.29) is 11.9 Å². The number of hydrogen-bond donors (Lipinski definition) is 1. The van der Waals surface area contributed by atoms with E-state index in [1.165, 1.54) is 19.1 Å². The average Bonchev–Trinajstić information content (AvgIpc) is 3.22. The molecular formula is C16H18ClN3O2. The van der Waals surface area contributed by atoms with E-state index >= 15 is 0 Å². The molecule has 1 aliphatic rings. The first-order valence-corrected chi connectivity index (χ1v) is 7.80. The third-order valence-corrected chi connectivity index (χ3v) is 4.21. The van der Waals surface area contributed by atoms with Crippen molar-refractivity contribution in [3.05, 3.63) is 52.9 Å². The van der Waals surface area contributed by atoms with Crippen LogP contribution in [0.3, 0.4) is 0 Å². The average molecular weight is 320 g/mol. The van der Waals surface area contributed by atoms with Gasteiger partial charge in [-0.15, -0.1) is 0 Å². The van der Waals surface area contributed by atoms with Crippen LogP contribution in [0.5, 0.6) is 0 Å². The summed E-state index contributed by atoms with van der Waals surface area (Å²) < 4.78 is 4.70. The second-order valence-electron chi connectivity index (χ2n) is 5.41. The van der Waals surface area contributed by atoms with Gasteiger partial charge in [0.05, 0.1) is 6.04 Å². The molecule has 3 rings (SSSR count). The fourth-order valence-electron chi connectivity index (χ4n) is 2.81. The molecule has 1 aliphatic heterocycles. The zero-order chi connectivity index (χ0) is 15.4. The van der Waals surface area contributed by atoms with Gasteiger partial charge in [-0.05, 0) is 43.6 Å². The Labute approximate surface area is 134 Å². The molecule has 2 aromatic rings. The Bertz CT molecular complexity index is 607. The molecule has 6 heteroatoms. The molecule has 1 atom stereocenters. The Hall–Kier alpha value is -1.85. The monoisotopic (exact) mass is 319 g/mol. The van der Waals surface area contributed by atoms with Crippen LogP contribution in [0.1, 0.15) is 34.9 Å². The number of likely N-dealkylation sites (tertiary alicyclic amines) is 1. The van der Waals surface area contributed by atoms with Crippen molar-refractivity contribution in [1.82, 2.24) is 15.4 Å². The molecule has 116 valence electrons. The maximum absolute atomic E-state index is 12.0. The van der Waals surface area contributed by atoms with E-state index in [2.05, 4.69) is 15.4 Å². The predicted molar refractivity (Wildman–Crippen MR) is 83.8 cm³/mol. The first-order valence-electron chi connectivity index (χ1n) is 7.42. The summed E-state index contributed by atoms with van der Waals surface area (Å²) in [5.74, 6) is -0.216. The van der Waals surface area contributed by atoms with Gasteiger partial charge in [-0.3, -0.25) is 9.69 Å². The van der Waals surface area contributed by atoms with Crippen LogP contribution in [0.15, 0.2) is 41.1 Å². The van der Waals surface area contributed by atoms with Crippen LogP contribution in [0, 0.1) is 0 Å². The number of carbonyl (C=O) groups excluding carboxylic acids is 1. The Morgan fingerprint density at radius 3 is 2.64 bits per heavy atom. The normalized spacial score (nSPS) is 16.6. The van der Waals surface area contributed by atoms with Gasteiger partial charge in [-0.2, -0.15) is 0 Å². The van der Waals surface area contributed by atoms with E-state index in [1.54, 1.807) is 6.07 Å². The van der Waals surface area contributed by atoms with E-state index in [9.17, 15) is 4.79 Å². The molecular weight excluding hydrogens is 302 g/mol. The zero-order valence-corrected chi connectivity index (χ0v) is 12.9. The molecule has 0 aliphatic carbocycles. The van der Waals surface area contributed by atoms with Crippen LogP contribution >= 0.6 is 11.6 Å². The molecule has 0 bridgehead atoms. The molecule has 0 radical (unpaired) electrons. The lowest BCUT2D eigenvalue weighted by molar-refractivity contribution is 0.0929. The standard InChI is InChI=1S/C16H18ClN3O2/c17-13-5-3-12(4-6-13)15(20-8-1-2-9-20)11-18-16(21)14-7-10-22-19-14/h3-7,10,15H,1-2,8-9,11H2,(H,18,21)/t15-/m0/s1. The fraction of sp³-hybridized carbons (Fsp3) is 0.375. The van der Waals surface area contributed by atoms with Gasteiger partial charge in [0.15, 0.2) is 5.69 Å². The van der Waals surface area contributed by atoms with Crippen molar-refractivity contribution in [2.24, 2.45) is 0 Å². The number of benzene rings is 1. The summed E-state index contributed by atoms with van der Waals surface area (Å²) in [4.78, 5) is 14.4. The molecule has 1 fully saturated rings. The van der Waals surface area contributed by atoms with E-state index in [1.807, 2.05) is 24.3 Å². The van der Waals surface area contributed by atoms with E-state index in [0.29, 0.717) is 12.2 Å². The first-order chi connectivity index (χ1) is 10.7. The van der Waals surface area contributed by atoms with Gasteiger partial charge in [-0.1, -0.05) is 28.9 Å². The van der Waals surface area contributed by atoms with Crippen LogP contribution in [0.25, 0.3) is 0 Å². The molecule has 0 spiro atoms. The van der Waals surface area contributed by atoms with Gasteiger partial charge in [0.1, 0.15) is 6.26 Å². The van der Waals surface area contributed by atoms with Gasteiger partial charge < -0.3 is 9.84 Å². The molecule has 1 aromatic carbocycles. The number of hydrogen-bond acceptors (Lipinski definition) is 4. The second kappa shape index (κ2) is 6.94. The van der Waals surface area contributed by atoms with Crippen molar-refractivity contribution in [3.63, 3.8) is 0 Å². The number of nitrogens with one attached hydrogen (secondary N) is 1. The highest BCUT2D eigenvalue weighted by Crippen LogP contribution is 2.25. The summed E-state index contributed by atoms with van der Waals surface area (Å²) in [5, 5.41) is 7.32. The number of nitrogens with zero attached hydrogens (tertiary/aromatic N) is 2. The number of halogens is 1. The topological polar surface area (TPSA) is 58.4 Å². The van der Waals surface area contributed by atoms with Gasteiger partial charge >= 0.3 is 0 Å². The molecule has 1 amide bonds. The molecule has 22 heavy (non-hydrogen) atoms. The SMILES string of the molecule is O=C(NC[C@@H](c1ccc(Cl)cc1)N1CCCC1)c1ccon1. The van der Waals surface area contributed by atoms with Gasteiger partial charge in [0, 0.05) is 17.6 Å². The smallest absolute Gasteiger partial charge is 0.273 e. The molecule has 0 saturated carbocycles. The summed E-state index contributed by atoms with van der Waals surface area (Å²) in [5.41, 5.74) is 1.46. The summed E-state index contributed by atoms with van der Waals surface area (Å²) in [6.07, 6.45) is 3.79. The highest BCUT2D eigenvalue weighted by molar-refractivity contribution is 6.30. The van der Waals surface area contributed by atoms with Crippen molar-refractivity contribution >= 4 is 17.5 Å². The lowest BCUT2D eigenvalue weighted by Gasteiger charge is -2.28. The van der Waals surface area contributed by atoms with Crippen LogP contribution in [-0.4, -0.2) is 35.6 Å². The molecule has 0 unspecified atom stereocenters. The second-order valence-corrected chi connectivity index (χ2v) is 5.84. The van der Waals surface area contributed by atoms with E-state index in [4.69, 9.17) is 16.1 Å². The van der Waals surface area contributed by atoms with Crippen molar-refractivity contribution in [3.8, 4) is 0 Å². The molecule has 1 aromatic heterocycles. The minimum atomic E-state index is -0.216. The number of carbonyl (C=O) groups is 1. The number of aromatic nitrogens is 1. The minimum Gasteiger partial charge on any atom is -0.364 e. The van der Waals surface area contributed by atoms with Crippen LogP contribution in [-0.2, 0) is 0 Å². The lowest BCUT2D eigenvalue weighted by Crippen LogP contribution is -2.36. The lowest BCUT2D eigenvalue weighted by atomic mass is 10.1. The minimum absolute atomic E-state index is 0.149. The van der Waals surface area contributed by atoms with Crippen LogP contribution < -0.4 is 5.32 Å². The Balaban J connectivity index is 1.71. The zero-order valence-electron chi connectivity index (χ0n) is 12.2. The van der Waals surface area contributed by atoms with E-state index in [0.717, 1.165) is 23.7 Å². The van der Waals surface area contributed by atoms with Crippen molar-refractivity contribution < 1.29 is 9.32 Å². The first kappa shape index (κ1) is 15.1. The maximum Gasteiger partial charge on any atom is 0.273 e. The van der Waals surface area contributed by atoms with Gasteiger partial charge in [0.2, 0.25) is 0 Å². The van der Waals surface area contributed by atoms with Gasteiger partial charge in [0.25, 0.3) is 5.91 Å². The number of amides is 1. The summed E-state index contributed by atoms with van der Waals surface area (Å²) in [6, 6.07) is 9.53. The Morgan fingerprint density at radius 1 is 1.27 bits per heavy atom. The fourth-order valence-corrected chi connectivity index (χ4v) is 2.93. The summed E-state index contributed by atoms with van der Waals surface area (Å²) in [7, 11) is 0. The highest BCUT2D eigenvalue weighted by atomic mass is 35.5. The molecule has 5 nitrogen and oxygen atoms in total. The largest absolute Gasteiger partial charge is 0.364 e. The van der Waals surface area contributed by atoms with E-state index < -0.39 is 0 Å². The van der Waals surface area contributed by atoms with Crippen LogP contribution in [0.2, 0.25) is 5.02 Å². The quantitative estimate of drug-likeness (QED) is 0.920. The summed E-state index contributed by atoms with van der Waals surface area (Å²) in [6.45, 7) is 2.63. The maximum atomic E-state index is 12.0. The Morgan fingerprint density at radius 2 is 2.00 bits per heavy atom. The predicted octanol–water partition coefficient (Wildman–Crippen LogP) is 2.89. The molecule has 1 saturated heterocycles. The van der Waals surface area contributed by atoms with Gasteiger partial charge in [-0.25, -0.2) is 0 Å². The summed E-state index contributed by atoms with van der Waals surface area (Å²) >= 11 is 5.97. The third kappa shape index (κ3) is 3.48. The Kier molecular flexibility index (Phi) is 4.75. The van der Waals surface area contributed by atoms with Crippen LogP contribution in [0.4, 0.5) is 0 Å². The third-order valence-electron chi connectivity index (χ3n) is 3.96. The molecule has 1 N–H and O–H groups in total. The van der Waals surface area contributed by atoms with Crippen molar-refractivity contribution in [2.45, 2.75) is 18.9 Å². The number of rotatable bonds is 5. The molecule has 2 heterocycles. The van der Waals surface area contributed by atoms with Crippen molar-refractivity contribution in [1.29, 1.82) is 0 Å². The van der Waals surface area contributed by atoms with Crippen molar-refractivity contribution in [2.75, 3.05) is 19.6 Å². The highest BCUT2D eigenvalue weighted by Gasteiger charge is 2.24.